The van der Waals surface area contributed by atoms with Gasteiger partial charge < -0.3 is 5.32 Å². The fraction of sp³-hybridized carbons (Fsp3) is 0.333. The molecule has 0 bridgehead atoms. The standard InChI is InChI=1S/C12H15N/c1-3-9-6-10-4-5-12(13-2)8-11(10)7-9/h4-5,7-8,13H,3,6H2,1-2H3. The molecule has 0 radical (unpaired) electrons. The lowest BCUT2D eigenvalue weighted by molar-refractivity contribution is 1.04. The van der Waals surface area contributed by atoms with Crippen LogP contribution in [0.25, 0.3) is 6.08 Å². The van der Waals surface area contributed by atoms with E-state index in [0.29, 0.717) is 0 Å². The van der Waals surface area contributed by atoms with E-state index >= 15 is 0 Å². The molecule has 1 aromatic rings. The monoisotopic (exact) mass is 173 g/mol. The van der Waals surface area contributed by atoms with Gasteiger partial charge >= 0.3 is 0 Å². The molecule has 68 valence electrons. The van der Waals surface area contributed by atoms with E-state index in [9.17, 15) is 0 Å². The van der Waals surface area contributed by atoms with Crippen LogP contribution in [0, 0.1) is 0 Å². The molecule has 0 saturated heterocycles. The zero-order chi connectivity index (χ0) is 9.26. The van der Waals surface area contributed by atoms with Gasteiger partial charge in [-0.05, 0) is 36.1 Å². The van der Waals surface area contributed by atoms with Crippen LogP contribution in [-0.2, 0) is 6.42 Å². The summed E-state index contributed by atoms with van der Waals surface area (Å²) >= 11 is 0. The van der Waals surface area contributed by atoms with E-state index in [2.05, 4.69) is 36.5 Å². The lowest BCUT2D eigenvalue weighted by Gasteiger charge is -2.02. The molecule has 0 atom stereocenters. The van der Waals surface area contributed by atoms with Gasteiger partial charge in [0.05, 0.1) is 0 Å². The molecule has 0 amide bonds. The summed E-state index contributed by atoms with van der Waals surface area (Å²) in [6.45, 7) is 2.22. The van der Waals surface area contributed by atoms with Crippen molar-refractivity contribution in [2.24, 2.45) is 0 Å². The second-order valence-corrected chi connectivity index (χ2v) is 3.50. The van der Waals surface area contributed by atoms with Crippen molar-refractivity contribution in [1.29, 1.82) is 0 Å². The highest BCUT2D eigenvalue weighted by atomic mass is 14.8. The van der Waals surface area contributed by atoms with Crippen LogP contribution in [-0.4, -0.2) is 7.05 Å². The van der Waals surface area contributed by atoms with Gasteiger partial charge in [-0.25, -0.2) is 0 Å². The van der Waals surface area contributed by atoms with Crippen LogP contribution in [0.2, 0.25) is 0 Å². The minimum atomic E-state index is 1.15. The maximum atomic E-state index is 3.16. The predicted molar refractivity (Wildman–Crippen MR) is 58.0 cm³/mol. The van der Waals surface area contributed by atoms with Gasteiger partial charge in [0.1, 0.15) is 0 Å². The van der Waals surface area contributed by atoms with Crippen molar-refractivity contribution >= 4 is 11.8 Å². The molecular weight excluding hydrogens is 158 g/mol. The van der Waals surface area contributed by atoms with E-state index in [1.54, 1.807) is 5.57 Å². The second-order valence-electron chi connectivity index (χ2n) is 3.50. The van der Waals surface area contributed by atoms with E-state index in [0.717, 1.165) is 6.42 Å². The third kappa shape index (κ3) is 1.46. The second kappa shape index (κ2) is 3.25. The summed E-state index contributed by atoms with van der Waals surface area (Å²) in [6.07, 6.45) is 4.63. The lowest BCUT2D eigenvalue weighted by Crippen LogP contribution is -1.89. The fourth-order valence-corrected chi connectivity index (χ4v) is 1.79. The van der Waals surface area contributed by atoms with E-state index in [1.807, 2.05) is 7.05 Å². The zero-order valence-corrected chi connectivity index (χ0v) is 8.22. The number of anilines is 1. The van der Waals surface area contributed by atoms with E-state index in [1.165, 1.54) is 23.2 Å². The average molecular weight is 173 g/mol. The normalized spacial score (nSPS) is 13.8. The number of nitrogens with one attached hydrogen (secondary N) is 1. The molecule has 1 aliphatic carbocycles. The van der Waals surface area contributed by atoms with Gasteiger partial charge in [0.15, 0.2) is 0 Å². The van der Waals surface area contributed by atoms with Crippen LogP contribution in [0.15, 0.2) is 23.8 Å². The van der Waals surface area contributed by atoms with Crippen LogP contribution in [0.1, 0.15) is 24.5 Å². The Balaban J connectivity index is 2.36. The molecule has 0 spiro atoms. The number of rotatable bonds is 2. The van der Waals surface area contributed by atoms with Crippen molar-refractivity contribution in [3.8, 4) is 0 Å². The summed E-state index contributed by atoms with van der Waals surface area (Å²) in [5.74, 6) is 0. The summed E-state index contributed by atoms with van der Waals surface area (Å²) in [4.78, 5) is 0. The minimum Gasteiger partial charge on any atom is -0.388 e. The van der Waals surface area contributed by atoms with Crippen molar-refractivity contribution in [3.05, 3.63) is 34.9 Å². The van der Waals surface area contributed by atoms with Crippen molar-refractivity contribution in [3.63, 3.8) is 0 Å². The van der Waals surface area contributed by atoms with E-state index in [4.69, 9.17) is 0 Å². The molecule has 1 aromatic carbocycles. The van der Waals surface area contributed by atoms with Crippen LogP contribution >= 0.6 is 0 Å². The number of benzene rings is 1. The van der Waals surface area contributed by atoms with Crippen molar-refractivity contribution in [2.75, 3.05) is 12.4 Å². The molecule has 2 rings (SSSR count). The summed E-state index contributed by atoms with van der Waals surface area (Å²) in [5, 5.41) is 3.16. The highest BCUT2D eigenvalue weighted by Crippen LogP contribution is 2.28. The van der Waals surface area contributed by atoms with Gasteiger partial charge in [0, 0.05) is 12.7 Å². The smallest absolute Gasteiger partial charge is 0.0343 e. The molecule has 13 heavy (non-hydrogen) atoms. The van der Waals surface area contributed by atoms with Gasteiger partial charge in [0.25, 0.3) is 0 Å². The van der Waals surface area contributed by atoms with Crippen LogP contribution < -0.4 is 5.32 Å². The molecule has 0 aromatic heterocycles. The van der Waals surface area contributed by atoms with Crippen molar-refractivity contribution in [1.82, 2.24) is 0 Å². The maximum Gasteiger partial charge on any atom is 0.0343 e. The summed E-state index contributed by atoms with van der Waals surface area (Å²) in [5.41, 5.74) is 5.61. The van der Waals surface area contributed by atoms with Gasteiger partial charge in [-0.15, -0.1) is 0 Å². The van der Waals surface area contributed by atoms with E-state index in [-0.39, 0.29) is 0 Å². The van der Waals surface area contributed by atoms with Crippen molar-refractivity contribution < 1.29 is 0 Å². The summed E-state index contributed by atoms with van der Waals surface area (Å²) < 4.78 is 0. The highest BCUT2D eigenvalue weighted by Gasteiger charge is 2.10. The molecule has 0 heterocycles. The number of hydrogen-bond donors (Lipinski definition) is 1. The third-order valence-electron chi connectivity index (χ3n) is 2.67. The first kappa shape index (κ1) is 8.36. The molecule has 1 heteroatoms. The Morgan fingerprint density at radius 2 is 2.23 bits per heavy atom. The Hall–Kier alpha value is -1.24. The first-order valence-corrected chi connectivity index (χ1v) is 4.83. The number of allylic oxidation sites excluding steroid dienone is 1. The number of fused-ring (bicyclic) bond motifs is 1. The maximum absolute atomic E-state index is 3.16. The quantitative estimate of drug-likeness (QED) is 0.724. The molecule has 1 aliphatic rings. The Morgan fingerprint density at radius 1 is 1.38 bits per heavy atom. The average Bonchev–Trinajstić information content (AvgIpc) is 2.58. The van der Waals surface area contributed by atoms with Crippen LogP contribution in [0.4, 0.5) is 5.69 Å². The molecule has 0 fully saturated rings. The Morgan fingerprint density at radius 3 is 2.92 bits per heavy atom. The molecule has 0 saturated carbocycles. The van der Waals surface area contributed by atoms with Crippen molar-refractivity contribution in [2.45, 2.75) is 19.8 Å². The Kier molecular flexibility index (Phi) is 2.09. The summed E-state index contributed by atoms with van der Waals surface area (Å²) in [6, 6.07) is 6.59. The first-order valence-electron chi connectivity index (χ1n) is 4.83. The Bertz CT molecular complexity index is 350. The third-order valence-corrected chi connectivity index (χ3v) is 2.67. The van der Waals surface area contributed by atoms with Gasteiger partial charge in [-0.2, -0.15) is 0 Å². The molecule has 1 N–H and O–H groups in total. The number of hydrogen-bond acceptors (Lipinski definition) is 1. The van der Waals surface area contributed by atoms with E-state index < -0.39 is 0 Å². The predicted octanol–water partition coefficient (Wildman–Crippen LogP) is 3.08. The molecule has 1 nitrogen and oxygen atoms in total. The largest absolute Gasteiger partial charge is 0.388 e. The molecule has 0 unspecified atom stereocenters. The SMILES string of the molecule is CCC1=Cc2cc(NC)ccc2C1. The topological polar surface area (TPSA) is 12.0 Å². The summed E-state index contributed by atoms with van der Waals surface area (Å²) in [7, 11) is 1.96. The van der Waals surface area contributed by atoms with Gasteiger partial charge in [0.2, 0.25) is 0 Å². The fourth-order valence-electron chi connectivity index (χ4n) is 1.79. The van der Waals surface area contributed by atoms with Gasteiger partial charge in [-0.3, -0.25) is 0 Å². The Labute approximate surface area is 79.5 Å². The molecule has 0 aliphatic heterocycles. The first-order chi connectivity index (χ1) is 6.33. The highest BCUT2D eigenvalue weighted by molar-refractivity contribution is 5.67. The zero-order valence-electron chi connectivity index (χ0n) is 8.22. The lowest BCUT2D eigenvalue weighted by atomic mass is 10.1. The van der Waals surface area contributed by atoms with Crippen LogP contribution in [0.3, 0.4) is 0 Å². The minimum absolute atomic E-state index is 1.15. The van der Waals surface area contributed by atoms with Gasteiger partial charge in [-0.1, -0.05) is 24.6 Å². The molecular formula is C12H15N. The van der Waals surface area contributed by atoms with Crippen LogP contribution in [0.5, 0.6) is 0 Å².